The standard InChI is InChI=1S/C14H20F3N/c1-2-13(12-8-4-3-5-9-12)18-11-7-6-10-14(15,16)17/h3-5,8-9,13,18H,2,6-7,10-11H2,1H3. The molecule has 0 radical (unpaired) electrons. The van der Waals surface area contributed by atoms with Crippen LogP contribution < -0.4 is 5.32 Å². The molecule has 1 aromatic carbocycles. The molecule has 0 spiro atoms. The fourth-order valence-electron chi connectivity index (χ4n) is 1.91. The number of alkyl halides is 3. The average Bonchev–Trinajstić information content (AvgIpc) is 2.33. The zero-order valence-corrected chi connectivity index (χ0v) is 10.6. The quantitative estimate of drug-likeness (QED) is 0.713. The van der Waals surface area contributed by atoms with Crippen LogP contribution in [0.4, 0.5) is 13.2 Å². The molecule has 0 aromatic heterocycles. The van der Waals surface area contributed by atoms with E-state index in [1.165, 1.54) is 5.56 Å². The third-order valence-corrected chi connectivity index (χ3v) is 2.89. The van der Waals surface area contributed by atoms with Crippen molar-refractivity contribution in [1.29, 1.82) is 0 Å². The SMILES string of the molecule is CCC(NCCCCC(F)(F)F)c1ccccc1. The summed E-state index contributed by atoms with van der Waals surface area (Å²) in [6.45, 7) is 2.70. The summed E-state index contributed by atoms with van der Waals surface area (Å²) in [5.74, 6) is 0. The van der Waals surface area contributed by atoms with E-state index in [9.17, 15) is 13.2 Å². The molecule has 0 saturated heterocycles. The monoisotopic (exact) mass is 259 g/mol. The molecule has 0 fully saturated rings. The van der Waals surface area contributed by atoms with E-state index in [1.54, 1.807) is 0 Å². The number of hydrogen-bond donors (Lipinski definition) is 1. The largest absolute Gasteiger partial charge is 0.389 e. The molecule has 0 aliphatic carbocycles. The molecule has 0 aliphatic heterocycles. The van der Waals surface area contributed by atoms with Crippen LogP contribution in [0.15, 0.2) is 30.3 Å². The number of halogens is 3. The van der Waals surface area contributed by atoms with E-state index in [1.807, 2.05) is 30.3 Å². The number of hydrogen-bond acceptors (Lipinski definition) is 1. The van der Waals surface area contributed by atoms with E-state index in [0.29, 0.717) is 13.0 Å². The lowest BCUT2D eigenvalue weighted by atomic mass is 10.0. The molecule has 102 valence electrons. The second-order valence-corrected chi connectivity index (χ2v) is 4.40. The molecule has 1 rings (SSSR count). The van der Waals surface area contributed by atoms with Gasteiger partial charge < -0.3 is 5.32 Å². The molecule has 0 aliphatic rings. The Kier molecular flexibility index (Phi) is 6.19. The molecule has 0 amide bonds. The Morgan fingerprint density at radius 2 is 1.78 bits per heavy atom. The summed E-state index contributed by atoms with van der Waals surface area (Å²) in [6, 6.07) is 10.2. The Hall–Kier alpha value is -1.03. The van der Waals surface area contributed by atoms with Crippen LogP contribution >= 0.6 is 0 Å². The molecule has 4 heteroatoms. The van der Waals surface area contributed by atoms with Crippen molar-refractivity contribution in [2.45, 2.75) is 44.8 Å². The summed E-state index contributed by atoms with van der Waals surface area (Å²) in [5, 5.41) is 3.30. The maximum atomic E-state index is 12.0. The first-order valence-corrected chi connectivity index (χ1v) is 6.38. The fourth-order valence-corrected chi connectivity index (χ4v) is 1.91. The van der Waals surface area contributed by atoms with E-state index in [2.05, 4.69) is 12.2 Å². The van der Waals surface area contributed by atoms with Gasteiger partial charge in [0.25, 0.3) is 0 Å². The van der Waals surface area contributed by atoms with Crippen LogP contribution in [0.3, 0.4) is 0 Å². The Balaban J connectivity index is 2.25. The summed E-state index contributed by atoms with van der Waals surface area (Å²) in [4.78, 5) is 0. The maximum Gasteiger partial charge on any atom is 0.389 e. The van der Waals surface area contributed by atoms with Crippen LogP contribution in [0.2, 0.25) is 0 Å². The van der Waals surface area contributed by atoms with E-state index in [0.717, 1.165) is 6.42 Å². The first-order chi connectivity index (χ1) is 8.53. The van der Waals surface area contributed by atoms with Gasteiger partial charge in [0.15, 0.2) is 0 Å². The third kappa shape index (κ3) is 6.05. The highest BCUT2D eigenvalue weighted by atomic mass is 19.4. The van der Waals surface area contributed by atoms with Crippen molar-refractivity contribution in [3.05, 3.63) is 35.9 Å². The van der Waals surface area contributed by atoms with Gasteiger partial charge in [0.1, 0.15) is 0 Å². The zero-order chi connectivity index (χ0) is 13.4. The van der Waals surface area contributed by atoms with E-state index in [-0.39, 0.29) is 12.5 Å². The van der Waals surface area contributed by atoms with Crippen molar-refractivity contribution >= 4 is 0 Å². The summed E-state index contributed by atoms with van der Waals surface area (Å²) in [5.41, 5.74) is 1.19. The van der Waals surface area contributed by atoms with Gasteiger partial charge in [-0.1, -0.05) is 37.3 Å². The molecule has 0 heterocycles. The molecule has 18 heavy (non-hydrogen) atoms. The predicted molar refractivity (Wildman–Crippen MR) is 67.4 cm³/mol. The minimum absolute atomic E-state index is 0.196. The maximum absolute atomic E-state index is 12.0. The van der Waals surface area contributed by atoms with E-state index in [4.69, 9.17) is 0 Å². The second-order valence-electron chi connectivity index (χ2n) is 4.40. The first kappa shape index (κ1) is 15.0. The third-order valence-electron chi connectivity index (χ3n) is 2.89. The van der Waals surface area contributed by atoms with Gasteiger partial charge in [0.2, 0.25) is 0 Å². The van der Waals surface area contributed by atoms with Crippen molar-refractivity contribution in [2.75, 3.05) is 6.54 Å². The van der Waals surface area contributed by atoms with Crippen LogP contribution in [0, 0.1) is 0 Å². The lowest BCUT2D eigenvalue weighted by molar-refractivity contribution is -0.135. The second kappa shape index (κ2) is 7.41. The molecule has 1 atom stereocenters. The first-order valence-electron chi connectivity index (χ1n) is 6.38. The lowest BCUT2D eigenvalue weighted by Crippen LogP contribution is -2.22. The van der Waals surface area contributed by atoms with Gasteiger partial charge in [0, 0.05) is 12.5 Å². The van der Waals surface area contributed by atoms with Gasteiger partial charge in [0.05, 0.1) is 0 Å². The van der Waals surface area contributed by atoms with Crippen molar-refractivity contribution in [2.24, 2.45) is 0 Å². The van der Waals surface area contributed by atoms with Crippen LogP contribution in [0.25, 0.3) is 0 Å². The van der Waals surface area contributed by atoms with Gasteiger partial charge >= 0.3 is 6.18 Å². The highest BCUT2D eigenvalue weighted by Gasteiger charge is 2.25. The minimum atomic E-state index is -4.02. The van der Waals surface area contributed by atoms with Crippen molar-refractivity contribution in [3.63, 3.8) is 0 Å². The van der Waals surface area contributed by atoms with E-state index >= 15 is 0 Å². The summed E-state index contributed by atoms with van der Waals surface area (Å²) < 4.78 is 35.9. The molecule has 1 nitrogen and oxygen atoms in total. The predicted octanol–water partition coefficient (Wildman–Crippen LogP) is 4.46. The highest BCUT2D eigenvalue weighted by molar-refractivity contribution is 5.18. The number of rotatable bonds is 7. The molecule has 1 N–H and O–H groups in total. The topological polar surface area (TPSA) is 12.0 Å². The molecule has 1 unspecified atom stereocenters. The lowest BCUT2D eigenvalue weighted by Gasteiger charge is -2.17. The van der Waals surface area contributed by atoms with Gasteiger partial charge in [-0.05, 0) is 31.4 Å². The number of unbranched alkanes of at least 4 members (excludes halogenated alkanes) is 1. The summed E-state index contributed by atoms with van der Waals surface area (Å²) in [6.07, 6.45) is -3.02. The van der Waals surface area contributed by atoms with Crippen LogP contribution in [0.1, 0.15) is 44.2 Å². The van der Waals surface area contributed by atoms with Gasteiger partial charge in [-0.3, -0.25) is 0 Å². The van der Waals surface area contributed by atoms with Gasteiger partial charge in [-0.2, -0.15) is 13.2 Å². The van der Waals surface area contributed by atoms with Gasteiger partial charge in [-0.15, -0.1) is 0 Å². The Morgan fingerprint density at radius 3 is 2.33 bits per heavy atom. The molecule has 1 aromatic rings. The smallest absolute Gasteiger partial charge is 0.310 e. The fraction of sp³-hybridized carbons (Fsp3) is 0.571. The van der Waals surface area contributed by atoms with Crippen molar-refractivity contribution < 1.29 is 13.2 Å². The molecular formula is C14H20F3N. The van der Waals surface area contributed by atoms with Crippen molar-refractivity contribution in [3.8, 4) is 0 Å². The molecule has 0 bridgehead atoms. The Morgan fingerprint density at radius 1 is 1.11 bits per heavy atom. The van der Waals surface area contributed by atoms with Crippen molar-refractivity contribution in [1.82, 2.24) is 5.32 Å². The van der Waals surface area contributed by atoms with Gasteiger partial charge in [-0.25, -0.2) is 0 Å². The zero-order valence-electron chi connectivity index (χ0n) is 10.6. The van der Waals surface area contributed by atoms with Crippen LogP contribution in [-0.2, 0) is 0 Å². The minimum Gasteiger partial charge on any atom is -0.310 e. The number of nitrogens with one attached hydrogen (secondary N) is 1. The highest BCUT2D eigenvalue weighted by Crippen LogP contribution is 2.22. The van der Waals surface area contributed by atoms with E-state index < -0.39 is 12.6 Å². The Labute approximate surface area is 106 Å². The number of benzene rings is 1. The normalized spacial score (nSPS) is 13.6. The Bertz CT molecular complexity index is 322. The molecular weight excluding hydrogens is 239 g/mol. The van der Waals surface area contributed by atoms with Crippen LogP contribution in [0.5, 0.6) is 0 Å². The molecule has 0 saturated carbocycles. The summed E-state index contributed by atoms with van der Waals surface area (Å²) in [7, 11) is 0. The summed E-state index contributed by atoms with van der Waals surface area (Å²) >= 11 is 0. The average molecular weight is 259 g/mol. The van der Waals surface area contributed by atoms with Crippen LogP contribution in [-0.4, -0.2) is 12.7 Å².